The second-order valence-corrected chi connectivity index (χ2v) is 6.13. The van der Waals surface area contributed by atoms with Crippen LogP contribution in [0.5, 0.6) is 0 Å². The van der Waals surface area contributed by atoms with Gasteiger partial charge in [-0.3, -0.25) is 0 Å². The summed E-state index contributed by atoms with van der Waals surface area (Å²) in [7, 11) is 0. The van der Waals surface area contributed by atoms with Crippen molar-refractivity contribution in [2.24, 2.45) is 5.92 Å². The van der Waals surface area contributed by atoms with Crippen LogP contribution in [-0.2, 0) is 0 Å². The maximum atomic E-state index is 13.4. The Kier molecular flexibility index (Phi) is 6.72. The third-order valence-corrected chi connectivity index (χ3v) is 4.02. The number of nitrogens with one attached hydrogen (secondary N) is 1. The van der Waals surface area contributed by atoms with E-state index in [-0.39, 0.29) is 11.9 Å². The van der Waals surface area contributed by atoms with E-state index in [4.69, 9.17) is 0 Å². The van der Waals surface area contributed by atoms with E-state index in [1.54, 1.807) is 12.1 Å². The van der Waals surface area contributed by atoms with Crippen LogP contribution in [0.15, 0.2) is 23.1 Å². The predicted octanol–water partition coefficient (Wildman–Crippen LogP) is 4.63. The molecule has 102 valence electrons. The van der Waals surface area contributed by atoms with Crippen LogP contribution >= 0.6 is 11.8 Å². The van der Waals surface area contributed by atoms with Crippen molar-refractivity contribution in [1.82, 2.24) is 5.32 Å². The lowest BCUT2D eigenvalue weighted by atomic mass is 10.1. The highest BCUT2D eigenvalue weighted by Crippen LogP contribution is 2.29. The van der Waals surface area contributed by atoms with E-state index in [0.29, 0.717) is 5.92 Å². The van der Waals surface area contributed by atoms with Crippen molar-refractivity contribution in [2.75, 3.05) is 12.3 Å². The van der Waals surface area contributed by atoms with Crippen molar-refractivity contribution in [1.29, 1.82) is 0 Å². The van der Waals surface area contributed by atoms with Crippen molar-refractivity contribution in [3.8, 4) is 0 Å². The maximum Gasteiger partial charge on any atom is 0.123 e. The minimum absolute atomic E-state index is 0.150. The monoisotopic (exact) mass is 269 g/mol. The number of halogens is 1. The first-order valence-electron chi connectivity index (χ1n) is 6.70. The Labute approximate surface area is 115 Å². The quantitative estimate of drug-likeness (QED) is 0.724. The molecule has 0 bridgehead atoms. The average molecular weight is 269 g/mol. The van der Waals surface area contributed by atoms with Gasteiger partial charge in [-0.1, -0.05) is 20.8 Å². The molecule has 0 aliphatic carbocycles. The molecule has 18 heavy (non-hydrogen) atoms. The van der Waals surface area contributed by atoms with Crippen molar-refractivity contribution in [3.63, 3.8) is 0 Å². The second-order valence-electron chi connectivity index (χ2n) is 4.99. The summed E-state index contributed by atoms with van der Waals surface area (Å²) < 4.78 is 13.4. The van der Waals surface area contributed by atoms with Gasteiger partial charge in [0.15, 0.2) is 0 Å². The number of benzene rings is 1. The molecule has 1 aromatic rings. The maximum absolute atomic E-state index is 13.4. The Hall–Kier alpha value is -0.540. The second kappa shape index (κ2) is 7.80. The average Bonchev–Trinajstić information content (AvgIpc) is 2.31. The van der Waals surface area contributed by atoms with Crippen LogP contribution in [0.3, 0.4) is 0 Å². The Morgan fingerprint density at radius 3 is 2.61 bits per heavy atom. The minimum atomic E-state index is -0.150. The van der Waals surface area contributed by atoms with Gasteiger partial charge in [0.1, 0.15) is 5.82 Å². The van der Waals surface area contributed by atoms with Gasteiger partial charge in [0.05, 0.1) is 0 Å². The van der Waals surface area contributed by atoms with Gasteiger partial charge in [0.2, 0.25) is 0 Å². The molecule has 1 rings (SSSR count). The van der Waals surface area contributed by atoms with Crippen molar-refractivity contribution in [2.45, 2.75) is 45.1 Å². The molecule has 0 aliphatic rings. The standard InChI is InChI=1S/C15H24FNS/c1-5-17-12(4)14-10-13(16)6-7-15(14)18-9-8-11(2)3/h6-7,10-12,17H,5,8-9H2,1-4H3. The van der Waals surface area contributed by atoms with Crippen LogP contribution in [0.1, 0.15) is 45.7 Å². The Morgan fingerprint density at radius 2 is 2.00 bits per heavy atom. The summed E-state index contributed by atoms with van der Waals surface area (Å²) in [6, 6.07) is 5.32. The molecular weight excluding hydrogens is 245 g/mol. The van der Waals surface area contributed by atoms with E-state index in [1.807, 2.05) is 17.8 Å². The lowest BCUT2D eigenvalue weighted by Gasteiger charge is -2.17. The summed E-state index contributed by atoms with van der Waals surface area (Å²) in [5, 5.41) is 3.35. The topological polar surface area (TPSA) is 12.0 Å². The Morgan fingerprint density at radius 1 is 1.28 bits per heavy atom. The van der Waals surface area contributed by atoms with Gasteiger partial charge in [-0.05, 0) is 55.3 Å². The number of rotatable bonds is 7. The van der Waals surface area contributed by atoms with Crippen LogP contribution in [0, 0.1) is 11.7 Å². The van der Waals surface area contributed by atoms with Crippen LogP contribution < -0.4 is 5.32 Å². The van der Waals surface area contributed by atoms with Gasteiger partial charge >= 0.3 is 0 Å². The smallest absolute Gasteiger partial charge is 0.123 e. The van der Waals surface area contributed by atoms with E-state index in [2.05, 4.69) is 33.0 Å². The summed E-state index contributed by atoms with van der Waals surface area (Å²) in [6.07, 6.45) is 1.19. The molecule has 0 aliphatic heterocycles. The van der Waals surface area contributed by atoms with Gasteiger partial charge < -0.3 is 5.32 Å². The lowest BCUT2D eigenvalue weighted by molar-refractivity contribution is 0.574. The summed E-state index contributed by atoms with van der Waals surface area (Å²) in [4.78, 5) is 1.20. The molecule has 1 nitrogen and oxygen atoms in total. The lowest BCUT2D eigenvalue weighted by Crippen LogP contribution is -2.18. The molecule has 0 amide bonds. The number of thioether (sulfide) groups is 1. The zero-order valence-electron chi connectivity index (χ0n) is 11.8. The molecule has 0 heterocycles. The van der Waals surface area contributed by atoms with Crippen molar-refractivity contribution in [3.05, 3.63) is 29.6 Å². The highest BCUT2D eigenvalue weighted by Gasteiger charge is 2.11. The van der Waals surface area contributed by atoms with Crippen molar-refractivity contribution >= 4 is 11.8 Å². The van der Waals surface area contributed by atoms with E-state index in [1.165, 1.54) is 11.3 Å². The fraction of sp³-hybridized carbons (Fsp3) is 0.600. The first-order valence-corrected chi connectivity index (χ1v) is 7.68. The first-order chi connectivity index (χ1) is 8.54. The molecule has 0 spiro atoms. The normalized spacial score (nSPS) is 13.0. The zero-order chi connectivity index (χ0) is 13.5. The molecule has 1 aromatic carbocycles. The summed E-state index contributed by atoms with van der Waals surface area (Å²) >= 11 is 1.83. The molecule has 0 radical (unpaired) electrons. The molecule has 0 saturated heterocycles. The van der Waals surface area contributed by atoms with E-state index in [9.17, 15) is 4.39 Å². The highest BCUT2D eigenvalue weighted by molar-refractivity contribution is 7.99. The molecule has 1 atom stereocenters. The molecule has 3 heteroatoms. The largest absolute Gasteiger partial charge is 0.310 e. The third kappa shape index (κ3) is 4.99. The summed E-state index contributed by atoms with van der Waals surface area (Å²) in [6.45, 7) is 9.51. The molecule has 1 unspecified atom stereocenters. The van der Waals surface area contributed by atoms with Crippen LogP contribution in [-0.4, -0.2) is 12.3 Å². The molecule has 0 aromatic heterocycles. The highest BCUT2D eigenvalue weighted by atomic mass is 32.2. The van der Waals surface area contributed by atoms with Crippen LogP contribution in [0.4, 0.5) is 4.39 Å². The van der Waals surface area contributed by atoms with Crippen molar-refractivity contribution < 1.29 is 4.39 Å². The van der Waals surface area contributed by atoms with E-state index < -0.39 is 0 Å². The minimum Gasteiger partial charge on any atom is -0.310 e. The summed E-state index contributed by atoms with van der Waals surface area (Å²) in [5.74, 6) is 1.66. The van der Waals surface area contributed by atoms with Gasteiger partial charge in [0, 0.05) is 10.9 Å². The number of hydrogen-bond donors (Lipinski definition) is 1. The Bertz CT molecular complexity index is 366. The molecule has 1 N–H and O–H groups in total. The van der Waals surface area contributed by atoms with E-state index in [0.717, 1.165) is 17.9 Å². The van der Waals surface area contributed by atoms with E-state index >= 15 is 0 Å². The number of hydrogen-bond acceptors (Lipinski definition) is 2. The van der Waals surface area contributed by atoms with Gasteiger partial charge in [-0.15, -0.1) is 11.8 Å². The fourth-order valence-corrected chi connectivity index (χ4v) is 3.19. The predicted molar refractivity (Wildman–Crippen MR) is 78.7 cm³/mol. The SMILES string of the molecule is CCNC(C)c1cc(F)ccc1SCCC(C)C. The van der Waals surface area contributed by atoms with Gasteiger partial charge in [0.25, 0.3) is 0 Å². The third-order valence-electron chi connectivity index (χ3n) is 2.90. The Balaban J connectivity index is 2.76. The molecular formula is C15H24FNS. The van der Waals surface area contributed by atoms with Crippen LogP contribution in [0.2, 0.25) is 0 Å². The summed E-state index contributed by atoms with van der Waals surface area (Å²) in [5.41, 5.74) is 1.07. The first kappa shape index (κ1) is 15.5. The van der Waals surface area contributed by atoms with Crippen LogP contribution in [0.25, 0.3) is 0 Å². The molecule has 0 saturated carbocycles. The van der Waals surface area contributed by atoms with Gasteiger partial charge in [-0.25, -0.2) is 4.39 Å². The van der Waals surface area contributed by atoms with Gasteiger partial charge in [-0.2, -0.15) is 0 Å². The molecule has 0 fully saturated rings. The zero-order valence-corrected chi connectivity index (χ0v) is 12.6. The fourth-order valence-electron chi connectivity index (χ4n) is 1.81.